The van der Waals surface area contributed by atoms with Gasteiger partial charge < -0.3 is 5.32 Å². The lowest BCUT2D eigenvalue weighted by Gasteiger charge is -2.15. The molecule has 0 spiro atoms. The summed E-state index contributed by atoms with van der Waals surface area (Å²) in [5.41, 5.74) is 3.39. The second-order valence-corrected chi connectivity index (χ2v) is 10.2. The molecule has 0 radical (unpaired) electrons. The molecule has 32 heavy (non-hydrogen) atoms. The topological polar surface area (TPSA) is 66.5 Å². The van der Waals surface area contributed by atoms with Crippen LogP contribution in [0.5, 0.6) is 0 Å². The van der Waals surface area contributed by atoms with Crippen LogP contribution in [0.3, 0.4) is 0 Å². The van der Waals surface area contributed by atoms with Crippen LogP contribution in [-0.2, 0) is 16.4 Å². The lowest BCUT2D eigenvalue weighted by Crippen LogP contribution is -2.27. The Kier molecular flexibility index (Phi) is 6.94. The van der Waals surface area contributed by atoms with Crippen LogP contribution >= 0.6 is 11.6 Å². The summed E-state index contributed by atoms with van der Waals surface area (Å²) in [5, 5.41) is 3.64. The number of hydrogen-bond donors (Lipinski definition) is 1. The van der Waals surface area contributed by atoms with E-state index in [1.54, 1.807) is 30.3 Å². The van der Waals surface area contributed by atoms with Gasteiger partial charge in [-0.1, -0.05) is 48.0 Å². The van der Waals surface area contributed by atoms with Gasteiger partial charge in [0.2, 0.25) is 10.0 Å². The molecule has 1 fully saturated rings. The Labute approximate surface area is 194 Å². The minimum atomic E-state index is -3.43. The van der Waals surface area contributed by atoms with Crippen molar-refractivity contribution in [2.45, 2.75) is 24.2 Å². The largest absolute Gasteiger partial charge is 0.352 e. The van der Waals surface area contributed by atoms with Crippen LogP contribution in [0.4, 0.5) is 0 Å². The van der Waals surface area contributed by atoms with E-state index in [1.807, 2.05) is 42.5 Å². The molecular formula is C25H25ClN2O3S. The highest BCUT2D eigenvalue weighted by atomic mass is 35.5. The molecule has 0 atom stereocenters. The van der Waals surface area contributed by atoms with Crippen molar-refractivity contribution in [1.82, 2.24) is 9.62 Å². The summed E-state index contributed by atoms with van der Waals surface area (Å²) in [7, 11) is -3.43. The van der Waals surface area contributed by atoms with Gasteiger partial charge in [-0.05, 0) is 72.4 Å². The van der Waals surface area contributed by atoms with Gasteiger partial charge in [-0.15, -0.1) is 0 Å². The number of carbonyl (C=O) groups excluding carboxylic acids is 1. The Hall–Kier alpha value is -2.67. The SMILES string of the molecule is O=C(NCCc1ccc(Cl)cc1)c1cccc(-c2ccc(S(=O)(=O)N3CCCC3)cc2)c1. The van der Waals surface area contributed by atoms with Crippen molar-refractivity contribution >= 4 is 27.5 Å². The van der Waals surface area contributed by atoms with E-state index in [0.29, 0.717) is 35.1 Å². The zero-order valence-electron chi connectivity index (χ0n) is 17.6. The molecule has 1 aliphatic rings. The second-order valence-electron chi connectivity index (χ2n) is 7.85. The third-order valence-electron chi connectivity index (χ3n) is 5.63. The molecular weight excluding hydrogens is 444 g/mol. The number of halogens is 1. The molecule has 1 heterocycles. The van der Waals surface area contributed by atoms with Crippen molar-refractivity contribution in [2.75, 3.05) is 19.6 Å². The smallest absolute Gasteiger partial charge is 0.251 e. The van der Waals surface area contributed by atoms with E-state index in [0.717, 1.165) is 36.0 Å². The summed E-state index contributed by atoms with van der Waals surface area (Å²) in [6.07, 6.45) is 2.54. The Balaban J connectivity index is 1.41. The zero-order valence-corrected chi connectivity index (χ0v) is 19.2. The molecule has 4 rings (SSSR count). The predicted octanol–water partition coefficient (Wildman–Crippen LogP) is 4.76. The summed E-state index contributed by atoms with van der Waals surface area (Å²) in [5.74, 6) is -0.144. The third kappa shape index (κ3) is 5.21. The molecule has 1 saturated heterocycles. The van der Waals surface area contributed by atoms with E-state index in [1.165, 1.54) is 4.31 Å². The number of nitrogens with zero attached hydrogens (tertiary/aromatic N) is 1. The standard InChI is InChI=1S/C25H25ClN2O3S/c26-23-10-6-19(7-11-23)14-15-27-25(29)22-5-3-4-21(18-22)20-8-12-24(13-9-20)32(30,31)28-16-1-2-17-28/h3-13,18H,1-2,14-17H2,(H,27,29). The maximum atomic E-state index is 12.7. The minimum absolute atomic E-state index is 0.144. The van der Waals surface area contributed by atoms with Gasteiger partial charge in [0.15, 0.2) is 0 Å². The van der Waals surface area contributed by atoms with Crippen LogP contribution in [0.25, 0.3) is 11.1 Å². The minimum Gasteiger partial charge on any atom is -0.352 e. The summed E-state index contributed by atoms with van der Waals surface area (Å²) in [4.78, 5) is 12.9. The normalized spacial score (nSPS) is 14.4. The molecule has 0 bridgehead atoms. The van der Waals surface area contributed by atoms with Gasteiger partial charge in [-0.25, -0.2) is 8.42 Å². The van der Waals surface area contributed by atoms with E-state index in [-0.39, 0.29) is 5.91 Å². The fourth-order valence-electron chi connectivity index (χ4n) is 3.81. The van der Waals surface area contributed by atoms with Crippen molar-refractivity contribution in [1.29, 1.82) is 0 Å². The van der Waals surface area contributed by atoms with Crippen molar-refractivity contribution in [3.8, 4) is 11.1 Å². The van der Waals surface area contributed by atoms with Gasteiger partial charge in [0.1, 0.15) is 0 Å². The first kappa shape index (κ1) is 22.5. The van der Waals surface area contributed by atoms with Crippen LogP contribution in [0.1, 0.15) is 28.8 Å². The van der Waals surface area contributed by atoms with Crippen molar-refractivity contribution in [3.05, 3.63) is 88.9 Å². The summed E-state index contributed by atoms with van der Waals surface area (Å²) in [6.45, 7) is 1.69. The van der Waals surface area contributed by atoms with E-state index < -0.39 is 10.0 Å². The fourth-order valence-corrected chi connectivity index (χ4v) is 5.45. The molecule has 1 amide bonds. The maximum absolute atomic E-state index is 12.7. The van der Waals surface area contributed by atoms with Gasteiger partial charge in [0, 0.05) is 30.2 Å². The van der Waals surface area contributed by atoms with Crippen LogP contribution in [0.2, 0.25) is 5.02 Å². The number of carbonyl (C=O) groups is 1. The maximum Gasteiger partial charge on any atom is 0.251 e. The number of hydrogen-bond acceptors (Lipinski definition) is 3. The Morgan fingerprint density at radius 1 is 0.906 bits per heavy atom. The second kappa shape index (κ2) is 9.86. The first-order valence-corrected chi connectivity index (χ1v) is 12.5. The highest BCUT2D eigenvalue weighted by Crippen LogP contribution is 2.25. The van der Waals surface area contributed by atoms with E-state index in [4.69, 9.17) is 11.6 Å². The molecule has 0 unspecified atom stereocenters. The summed E-state index contributed by atoms with van der Waals surface area (Å²) < 4.78 is 27.0. The Bertz CT molecular complexity index is 1190. The molecule has 0 aromatic heterocycles. The monoisotopic (exact) mass is 468 g/mol. The number of nitrogens with one attached hydrogen (secondary N) is 1. The molecule has 3 aromatic rings. The van der Waals surface area contributed by atoms with Gasteiger partial charge >= 0.3 is 0 Å². The molecule has 3 aromatic carbocycles. The van der Waals surface area contributed by atoms with Crippen LogP contribution < -0.4 is 5.32 Å². The van der Waals surface area contributed by atoms with Crippen molar-refractivity contribution in [3.63, 3.8) is 0 Å². The Morgan fingerprint density at radius 3 is 2.28 bits per heavy atom. The van der Waals surface area contributed by atoms with E-state index >= 15 is 0 Å². The molecule has 7 heteroatoms. The molecule has 1 aliphatic heterocycles. The first-order chi connectivity index (χ1) is 15.4. The molecule has 1 N–H and O–H groups in total. The highest BCUT2D eigenvalue weighted by molar-refractivity contribution is 7.89. The average molecular weight is 469 g/mol. The van der Waals surface area contributed by atoms with Gasteiger partial charge in [-0.3, -0.25) is 4.79 Å². The van der Waals surface area contributed by atoms with E-state index in [2.05, 4.69) is 5.32 Å². The number of amides is 1. The quantitative estimate of drug-likeness (QED) is 0.543. The zero-order chi connectivity index (χ0) is 22.6. The highest BCUT2D eigenvalue weighted by Gasteiger charge is 2.26. The summed E-state index contributed by atoms with van der Waals surface area (Å²) >= 11 is 5.90. The van der Waals surface area contributed by atoms with Crippen molar-refractivity contribution in [2.24, 2.45) is 0 Å². The van der Waals surface area contributed by atoms with Gasteiger partial charge in [0.05, 0.1) is 4.90 Å². The predicted molar refractivity (Wildman–Crippen MR) is 127 cm³/mol. The average Bonchev–Trinajstić information content (AvgIpc) is 3.37. The number of rotatable bonds is 7. The Morgan fingerprint density at radius 2 is 1.59 bits per heavy atom. The van der Waals surface area contributed by atoms with Crippen LogP contribution in [0, 0.1) is 0 Å². The van der Waals surface area contributed by atoms with Gasteiger partial charge in [0.25, 0.3) is 5.91 Å². The van der Waals surface area contributed by atoms with Gasteiger partial charge in [-0.2, -0.15) is 4.31 Å². The van der Waals surface area contributed by atoms with Crippen LogP contribution in [-0.4, -0.2) is 38.3 Å². The fraction of sp³-hybridized carbons (Fsp3) is 0.240. The molecule has 166 valence electrons. The lowest BCUT2D eigenvalue weighted by atomic mass is 10.0. The molecule has 5 nitrogen and oxygen atoms in total. The molecule has 0 saturated carbocycles. The summed E-state index contributed by atoms with van der Waals surface area (Å²) in [6, 6.07) is 21.8. The van der Waals surface area contributed by atoms with E-state index in [9.17, 15) is 13.2 Å². The van der Waals surface area contributed by atoms with Crippen molar-refractivity contribution < 1.29 is 13.2 Å². The molecule has 0 aliphatic carbocycles. The third-order valence-corrected chi connectivity index (χ3v) is 7.79. The number of benzene rings is 3. The lowest BCUT2D eigenvalue weighted by molar-refractivity contribution is 0.0954. The van der Waals surface area contributed by atoms with Crippen LogP contribution in [0.15, 0.2) is 77.7 Å². The first-order valence-electron chi connectivity index (χ1n) is 10.7. The number of sulfonamides is 1.